The SMILES string of the molecule is NC(=O)C(P)CCOC=O. The van der Waals surface area contributed by atoms with Gasteiger partial charge in [0.1, 0.15) is 0 Å². The summed E-state index contributed by atoms with van der Waals surface area (Å²) in [6, 6.07) is 0. The van der Waals surface area contributed by atoms with Crippen molar-refractivity contribution >= 4 is 21.6 Å². The molecule has 5 heteroatoms. The minimum Gasteiger partial charge on any atom is -0.468 e. The smallest absolute Gasteiger partial charge is 0.293 e. The zero-order valence-corrected chi connectivity index (χ0v) is 6.60. The summed E-state index contributed by atoms with van der Waals surface area (Å²) in [5, 5.41) is 0. The van der Waals surface area contributed by atoms with E-state index in [4.69, 9.17) is 5.73 Å². The molecular formula is C5H10NO3P. The molecule has 0 rings (SSSR count). The molecule has 2 atom stereocenters. The van der Waals surface area contributed by atoms with E-state index in [0.29, 0.717) is 12.9 Å². The van der Waals surface area contributed by atoms with E-state index in [-0.39, 0.29) is 12.3 Å². The van der Waals surface area contributed by atoms with Gasteiger partial charge in [-0.25, -0.2) is 0 Å². The summed E-state index contributed by atoms with van der Waals surface area (Å²) in [6.45, 7) is 0.582. The average Bonchev–Trinajstić information content (AvgIpc) is 1.88. The monoisotopic (exact) mass is 163 g/mol. The van der Waals surface area contributed by atoms with Crippen molar-refractivity contribution in [2.75, 3.05) is 6.61 Å². The molecule has 0 heterocycles. The van der Waals surface area contributed by atoms with Crippen LogP contribution in [0.2, 0.25) is 0 Å². The summed E-state index contributed by atoms with van der Waals surface area (Å²) in [4.78, 5) is 20.0. The molecule has 0 aromatic heterocycles. The zero-order valence-electron chi connectivity index (χ0n) is 5.45. The van der Waals surface area contributed by atoms with Crippen molar-refractivity contribution in [2.24, 2.45) is 5.73 Å². The Kier molecular flexibility index (Phi) is 4.85. The fourth-order valence-electron chi connectivity index (χ4n) is 0.385. The van der Waals surface area contributed by atoms with Gasteiger partial charge in [0.15, 0.2) is 0 Å². The molecular weight excluding hydrogens is 153 g/mol. The fraction of sp³-hybridized carbons (Fsp3) is 0.600. The minimum atomic E-state index is -0.403. The summed E-state index contributed by atoms with van der Waals surface area (Å²) >= 11 is 0. The first kappa shape index (κ1) is 9.37. The molecule has 0 spiro atoms. The first-order valence-corrected chi connectivity index (χ1v) is 3.45. The van der Waals surface area contributed by atoms with E-state index in [2.05, 4.69) is 14.0 Å². The van der Waals surface area contributed by atoms with Crippen LogP contribution in [0.25, 0.3) is 0 Å². The van der Waals surface area contributed by atoms with Gasteiger partial charge in [-0.2, -0.15) is 0 Å². The molecule has 0 aliphatic carbocycles. The van der Waals surface area contributed by atoms with Gasteiger partial charge in [0.25, 0.3) is 6.47 Å². The molecule has 10 heavy (non-hydrogen) atoms. The van der Waals surface area contributed by atoms with Crippen LogP contribution in [0.1, 0.15) is 6.42 Å². The number of nitrogens with two attached hydrogens (primary N) is 1. The van der Waals surface area contributed by atoms with Crippen molar-refractivity contribution in [2.45, 2.75) is 12.1 Å². The molecule has 4 nitrogen and oxygen atoms in total. The van der Waals surface area contributed by atoms with Crippen molar-refractivity contribution < 1.29 is 14.3 Å². The molecule has 0 aromatic rings. The van der Waals surface area contributed by atoms with E-state index in [1.54, 1.807) is 0 Å². The van der Waals surface area contributed by atoms with Crippen molar-refractivity contribution in [3.63, 3.8) is 0 Å². The number of hydrogen-bond acceptors (Lipinski definition) is 3. The predicted octanol–water partition coefficient (Wildman–Crippen LogP) is -0.722. The predicted molar refractivity (Wildman–Crippen MR) is 39.3 cm³/mol. The molecule has 58 valence electrons. The van der Waals surface area contributed by atoms with Crippen LogP contribution >= 0.6 is 9.24 Å². The molecule has 0 aromatic carbocycles. The Morgan fingerprint density at radius 3 is 2.80 bits per heavy atom. The van der Waals surface area contributed by atoms with Crippen molar-refractivity contribution in [1.82, 2.24) is 0 Å². The topological polar surface area (TPSA) is 69.4 Å². The lowest BCUT2D eigenvalue weighted by molar-refractivity contribution is -0.129. The Balaban J connectivity index is 3.30. The summed E-state index contributed by atoms with van der Waals surface area (Å²) in [5.41, 5.74) is 4.61. The maximum absolute atomic E-state index is 10.4. The number of ether oxygens (including phenoxy) is 1. The van der Waals surface area contributed by atoms with Gasteiger partial charge in [0.05, 0.1) is 12.3 Å². The van der Waals surface area contributed by atoms with Gasteiger partial charge in [-0.1, -0.05) is 0 Å². The van der Waals surface area contributed by atoms with Crippen molar-refractivity contribution in [3.8, 4) is 0 Å². The van der Waals surface area contributed by atoms with E-state index in [0.717, 1.165) is 0 Å². The first-order valence-electron chi connectivity index (χ1n) is 2.78. The largest absolute Gasteiger partial charge is 0.468 e. The first-order chi connectivity index (χ1) is 4.68. The Bertz CT molecular complexity index is 128. The summed E-state index contributed by atoms with van der Waals surface area (Å²) in [5.74, 6) is -0.403. The van der Waals surface area contributed by atoms with Crippen molar-refractivity contribution in [1.29, 1.82) is 0 Å². The van der Waals surface area contributed by atoms with Gasteiger partial charge in [0.2, 0.25) is 5.91 Å². The van der Waals surface area contributed by atoms with Crippen LogP contribution in [0.5, 0.6) is 0 Å². The van der Waals surface area contributed by atoms with E-state index < -0.39 is 5.91 Å². The van der Waals surface area contributed by atoms with Crippen LogP contribution in [0.3, 0.4) is 0 Å². The van der Waals surface area contributed by atoms with Crippen LogP contribution in [-0.2, 0) is 14.3 Å². The van der Waals surface area contributed by atoms with E-state index in [1.165, 1.54) is 0 Å². The summed E-state index contributed by atoms with van der Waals surface area (Å²) in [7, 11) is 2.27. The average molecular weight is 163 g/mol. The summed E-state index contributed by atoms with van der Waals surface area (Å²) < 4.78 is 4.35. The molecule has 0 radical (unpaired) electrons. The van der Waals surface area contributed by atoms with Crippen molar-refractivity contribution in [3.05, 3.63) is 0 Å². The highest BCUT2D eigenvalue weighted by molar-refractivity contribution is 7.19. The van der Waals surface area contributed by atoms with Gasteiger partial charge in [0, 0.05) is 0 Å². The second-order valence-electron chi connectivity index (χ2n) is 1.76. The number of amides is 1. The normalized spacial score (nSPS) is 12.1. The standard InChI is InChI=1S/C5H10NO3P/c6-5(8)4(10)1-2-9-3-7/h3-4H,1-2,10H2,(H2,6,8). The number of carbonyl (C=O) groups excluding carboxylic acids is 2. The number of hydrogen-bond donors (Lipinski definition) is 1. The molecule has 0 aliphatic rings. The maximum atomic E-state index is 10.4. The lowest BCUT2D eigenvalue weighted by Gasteiger charge is -2.03. The van der Waals surface area contributed by atoms with E-state index in [9.17, 15) is 9.59 Å². The summed E-state index contributed by atoms with van der Waals surface area (Å²) in [6.07, 6.45) is 0.457. The highest BCUT2D eigenvalue weighted by Gasteiger charge is 2.07. The highest BCUT2D eigenvalue weighted by atomic mass is 31.0. The Morgan fingerprint density at radius 2 is 2.40 bits per heavy atom. The second-order valence-corrected chi connectivity index (χ2v) is 2.57. The van der Waals surface area contributed by atoms with Gasteiger partial charge in [-0.05, 0) is 6.42 Å². The Hall–Kier alpha value is -0.630. The molecule has 0 saturated heterocycles. The third-order valence-electron chi connectivity index (χ3n) is 0.980. The molecule has 0 aliphatic heterocycles. The maximum Gasteiger partial charge on any atom is 0.293 e. The third kappa shape index (κ3) is 4.27. The lowest BCUT2D eigenvalue weighted by atomic mass is 10.3. The Labute approximate surface area is 61.3 Å². The molecule has 0 saturated carbocycles. The fourth-order valence-corrected chi connectivity index (χ4v) is 0.521. The number of primary amides is 1. The van der Waals surface area contributed by atoms with Crippen LogP contribution in [-0.4, -0.2) is 24.6 Å². The van der Waals surface area contributed by atoms with Gasteiger partial charge < -0.3 is 10.5 Å². The molecule has 0 bridgehead atoms. The quantitative estimate of drug-likeness (QED) is 0.330. The number of carbonyl (C=O) groups is 2. The minimum absolute atomic E-state index is 0.237. The highest BCUT2D eigenvalue weighted by Crippen LogP contribution is 2.03. The second kappa shape index (κ2) is 5.18. The number of rotatable bonds is 5. The van der Waals surface area contributed by atoms with E-state index in [1.807, 2.05) is 0 Å². The zero-order chi connectivity index (χ0) is 7.98. The van der Waals surface area contributed by atoms with Crippen LogP contribution < -0.4 is 5.73 Å². The molecule has 2 unspecified atom stereocenters. The Morgan fingerprint density at radius 1 is 1.80 bits per heavy atom. The van der Waals surface area contributed by atoms with Crippen LogP contribution in [0.15, 0.2) is 0 Å². The third-order valence-corrected chi connectivity index (χ3v) is 1.64. The van der Waals surface area contributed by atoms with Gasteiger partial charge >= 0.3 is 0 Å². The lowest BCUT2D eigenvalue weighted by Crippen LogP contribution is -2.24. The van der Waals surface area contributed by atoms with E-state index >= 15 is 0 Å². The molecule has 2 N–H and O–H groups in total. The van der Waals surface area contributed by atoms with Gasteiger partial charge in [-0.3, -0.25) is 9.59 Å². The van der Waals surface area contributed by atoms with Gasteiger partial charge in [-0.15, -0.1) is 9.24 Å². The molecule has 0 fully saturated rings. The van der Waals surface area contributed by atoms with Crippen LogP contribution in [0, 0.1) is 0 Å². The molecule has 1 amide bonds. The van der Waals surface area contributed by atoms with Crippen LogP contribution in [0.4, 0.5) is 0 Å².